The van der Waals surface area contributed by atoms with E-state index in [4.69, 9.17) is 10.8 Å². The van der Waals surface area contributed by atoms with Crippen molar-refractivity contribution < 1.29 is 4.79 Å². The summed E-state index contributed by atoms with van der Waals surface area (Å²) in [5, 5.41) is 15.9. The molecule has 0 fully saturated rings. The summed E-state index contributed by atoms with van der Waals surface area (Å²) in [5.41, 5.74) is 9.81. The molecule has 0 saturated heterocycles. The Morgan fingerprint density at radius 2 is 2.11 bits per heavy atom. The summed E-state index contributed by atoms with van der Waals surface area (Å²) < 4.78 is 3.44. The number of nitrogens with two attached hydrogens (primary N) is 1. The Morgan fingerprint density at radius 3 is 2.93 bits per heavy atom. The van der Waals surface area contributed by atoms with E-state index in [0.29, 0.717) is 5.65 Å². The molecule has 3 N–H and O–H groups in total. The summed E-state index contributed by atoms with van der Waals surface area (Å²) in [6.45, 7) is 2.79. The van der Waals surface area contributed by atoms with Crippen LogP contribution in [0, 0.1) is 6.92 Å². The Hall–Kier alpha value is -3.75. The summed E-state index contributed by atoms with van der Waals surface area (Å²) in [7, 11) is 0. The van der Waals surface area contributed by atoms with Gasteiger partial charge in [0.15, 0.2) is 17.3 Å². The molecular weight excluding hydrogens is 344 g/mol. The molecule has 1 aliphatic heterocycles. The van der Waals surface area contributed by atoms with Crippen LogP contribution >= 0.6 is 0 Å². The van der Waals surface area contributed by atoms with E-state index in [1.165, 1.54) is 0 Å². The van der Waals surface area contributed by atoms with Crippen molar-refractivity contribution in [2.45, 2.75) is 13.3 Å². The second kappa shape index (κ2) is 5.63. The predicted molar refractivity (Wildman–Crippen MR) is 98.8 cm³/mol. The highest BCUT2D eigenvalue weighted by molar-refractivity contribution is 5.90. The molecule has 1 aliphatic rings. The van der Waals surface area contributed by atoms with Gasteiger partial charge in [0.2, 0.25) is 5.82 Å². The quantitative estimate of drug-likeness (QED) is 0.570. The van der Waals surface area contributed by atoms with Crippen molar-refractivity contribution in [2.24, 2.45) is 5.73 Å². The fraction of sp³-hybridized carbons (Fsp3) is 0.167. The lowest BCUT2D eigenvalue weighted by Gasteiger charge is -2.10. The lowest BCUT2D eigenvalue weighted by atomic mass is 10.1. The van der Waals surface area contributed by atoms with Crippen LogP contribution in [-0.4, -0.2) is 41.8 Å². The number of primary amides is 1. The van der Waals surface area contributed by atoms with Crippen molar-refractivity contribution in [1.82, 2.24) is 29.4 Å². The average Bonchev–Trinajstić information content (AvgIpc) is 3.34. The van der Waals surface area contributed by atoms with Gasteiger partial charge >= 0.3 is 0 Å². The van der Waals surface area contributed by atoms with E-state index in [1.807, 2.05) is 48.1 Å². The monoisotopic (exact) mass is 360 g/mol. The molecule has 0 spiro atoms. The van der Waals surface area contributed by atoms with Gasteiger partial charge in [-0.15, -0.1) is 15.3 Å². The van der Waals surface area contributed by atoms with Crippen LogP contribution < -0.4 is 11.1 Å². The largest absolute Gasteiger partial charge is 0.368 e. The summed E-state index contributed by atoms with van der Waals surface area (Å²) in [6, 6.07) is 9.57. The van der Waals surface area contributed by atoms with Gasteiger partial charge in [-0.1, -0.05) is 6.07 Å². The van der Waals surface area contributed by atoms with E-state index in [2.05, 4.69) is 20.5 Å². The van der Waals surface area contributed by atoms with Crippen LogP contribution in [0.15, 0.2) is 36.5 Å². The van der Waals surface area contributed by atoms with Gasteiger partial charge < -0.3 is 11.1 Å². The first-order chi connectivity index (χ1) is 13.1. The molecule has 0 saturated carbocycles. The number of rotatable bonds is 3. The van der Waals surface area contributed by atoms with Crippen LogP contribution in [0.3, 0.4) is 0 Å². The molecule has 4 aromatic rings. The van der Waals surface area contributed by atoms with E-state index < -0.39 is 5.91 Å². The van der Waals surface area contributed by atoms with Crippen molar-refractivity contribution >= 4 is 17.4 Å². The fourth-order valence-corrected chi connectivity index (χ4v) is 3.44. The Morgan fingerprint density at radius 1 is 1.22 bits per heavy atom. The summed E-state index contributed by atoms with van der Waals surface area (Å²) >= 11 is 0. The molecule has 4 aromatic heterocycles. The van der Waals surface area contributed by atoms with Crippen LogP contribution in [0.5, 0.6) is 0 Å². The minimum absolute atomic E-state index is 0.0985. The van der Waals surface area contributed by atoms with Gasteiger partial charge in [-0.3, -0.25) is 9.20 Å². The maximum atomic E-state index is 11.6. The second-order valence-corrected chi connectivity index (χ2v) is 6.44. The lowest BCUT2D eigenvalue weighted by Crippen LogP contribution is -2.15. The summed E-state index contributed by atoms with van der Waals surface area (Å²) in [4.78, 5) is 16.3. The molecule has 0 bridgehead atoms. The molecule has 9 nitrogen and oxygen atoms in total. The zero-order valence-corrected chi connectivity index (χ0v) is 14.5. The standard InChI is InChI=1S/C18H16N8O/c1-10-3-2-4-13(21-10)26-15(12-7-8-20-17(12)24-26)11-5-6-14-22-23-18(16(19)27)25(14)9-11/h2-6,9H,7-8H2,1H3,(H2,19,27)(H,20,24). The molecule has 0 unspecified atom stereocenters. The van der Waals surface area contributed by atoms with Crippen molar-refractivity contribution in [3.05, 3.63) is 53.6 Å². The highest BCUT2D eigenvalue weighted by Gasteiger charge is 2.25. The number of hydrogen-bond donors (Lipinski definition) is 2. The van der Waals surface area contributed by atoms with Crippen molar-refractivity contribution in [2.75, 3.05) is 11.9 Å². The van der Waals surface area contributed by atoms with E-state index in [-0.39, 0.29) is 5.82 Å². The second-order valence-electron chi connectivity index (χ2n) is 6.44. The number of nitrogens with one attached hydrogen (secondary N) is 1. The predicted octanol–water partition coefficient (Wildman–Crippen LogP) is 1.35. The van der Waals surface area contributed by atoms with Gasteiger partial charge in [0.25, 0.3) is 5.91 Å². The molecule has 5 heterocycles. The highest BCUT2D eigenvalue weighted by atomic mass is 16.1. The van der Waals surface area contributed by atoms with Gasteiger partial charge in [0, 0.05) is 29.6 Å². The molecule has 5 rings (SSSR count). The molecular formula is C18H16N8O. The van der Waals surface area contributed by atoms with Crippen molar-refractivity contribution in [3.8, 4) is 17.1 Å². The first-order valence-electron chi connectivity index (χ1n) is 8.56. The lowest BCUT2D eigenvalue weighted by molar-refractivity contribution is 0.0989. The molecule has 0 aliphatic carbocycles. The minimum atomic E-state index is -0.625. The zero-order chi connectivity index (χ0) is 18.5. The molecule has 27 heavy (non-hydrogen) atoms. The fourth-order valence-electron chi connectivity index (χ4n) is 3.44. The minimum Gasteiger partial charge on any atom is -0.368 e. The van der Waals surface area contributed by atoms with Crippen molar-refractivity contribution in [1.29, 1.82) is 0 Å². The van der Waals surface area contributed by atoms with Gasteiger partial charge in [-0.05, 0) is 37.6 Å². The van der Waals surface area contributed by atoms with E-state index >= 15 is 0 Å². The number of hydrogen-bond acceptors (Lipinski definition) is 6. The van der Waals surface area contributed by atoms with Gasteiger partial charge in [0.1, 0.15) is 0 Å². The Balaban J connectivity index is 1.76. The van der Waals surface area contributed by atoms with E-state index in [9.17, 15) is 4.79 Å². The number of fused-ring (bicyclic) bond motifs is 2. The Labute approximate surface area is 153 Å². The first-order valence-corrected chi connectivity index (χ1v) is 8.56. The maximum absolute atomic E-state index is 11.6. The number of carbonyl (C=O) groups is 1. The third kappa shape index (κ3) is 2.35. The number of nitrogens with zero attached hydrogens (tertiary/aromatic N) is 6. The molecule has 0 atom stereocenters. The number of pyridine rings is 2. The number of anilines is 1. The van der Waals surface area contributed by atoms with Gasteiger partial charge in [-0.25, -0.2) is 9.67 Å². The molecule has 0 aromatic carbocycles. The molecule has 0 radical (unpaired) electrons. The van der Waals surface area contributed by atoms with Crippen LogP contribution in [0.1, 0.15) is 21.9 Å². The molecule has 134 valence electrons. The molecule has 9 heteroatoms. The third-order valence-electron chi connectivity index (χ3n) is 4.64. The van der Waals surface area contributed by atoms with E-state index in [0.717, 1.165) is 47.1 Å². The van der Waals surface area contributed by atoms with Crippen LogP contribution in [0.2, 0.25) is 0 Å². The smallest absolute Gasteiger partial charge is 0.287 e. The SMILES string of the molecule is Cc1cccc(-n2nc3c(c2-c2ccc4nnc(C(N)=O)n4c2)CCN3)n1. The first kappa shape index (κ1) is 15.5. The third-order valence-corrected chi connectivity index (χ3v) is 4.64. The topological polar surface area (TPSA) is 116 Å². The average molecular weight is 360 g/mol. The Bertz CT molecular complexity index is 1210. The number of amides is 1. The molecule has 1 amide bonds. The van der Waals surface area contributed by atoms with Crippen LogP contribution in [-0.2, 0) is 6.42 Å². The zero-order valence-electron chi connectivity index (χ0n) is 14.5. The maximum Gasteiger partial charge on any atom is 0.287 e. The van der Waals surface area contributed by atoms with Gasteiger partial charge in [-0.2, -0.15) is 0 Å². The number of carbonyl (C=O) groups excluding carboxylic acids is 1. The number of aryl methyl sites for hydroxylation is 1. The normalized spacial score (nSPS) is 12.9. The van der Waals surface area contributed by atoms with Crippen LogP contribution in [0.25, 0.3) is 22.7 Å². The van der Waals surface area contributed by atoms with Crippen molar-refractivity contribution in [3.63, 3.8) is 0 Å². The highest BCUT2D eigenvalue weighted by Crippen LogP contribution is 2.34. The van der Waals surface area contributed by atoms with E-state index in [1.54, 1.807) is 4.40 Å². The summed E-state index contributed by atoms with van der Waals surface area (Å²) in [5.74, 6) is 1.06. The van der Waals surface area contributed by atoms with Crippen LogP contribution in [0.4, 0.5) is 5.82 Å². The van der Waals surface area contributed by atoms with Gasteiger partial charge in [0.05, 0.1) is 5.69 Å². The Kier molecular flexibility index (Phi) is 3.23. The number of aromatic nitrogens is 6. The summed E-state index contributed by atoms with van der Waals surface area (Å²) in [6.07, 6.45) is 2.68.